The van der Waals surface area contributed by atoms with Crippen molar-refractivity contribution in [2.24, 2.45) is 46.8 Å². The van der Waals surface area contributed by atoms with Crippen molar-refractivity contribution in [2.45, 2.75) is 98.2 Å². The lowest BCUT2D eigenvalue weighted by molar-refractivity contribution is -0.129. The highest BCUT2D eigenvalue weighted by Crippen LogP contribution is 2.69. The van der Waals surface area contributed by atoms with E-state index in [1.54, 1.807) is 0 Å². The molecule has 0 aliphatic heterocycles. The van der Waals surface area contributed by atoms with E-state index in [1.165, 1.54) is 6.42 Å². The van der Waals surface area contributed by atoms with Gasteiger partial charge in [-0.05, 0) is 80.0 Å². The molecule has 0 bridgehead atoms. The number of aliphatic hydroxyl groups is 4. The molecule has 198 valence electrons. The van der Waals surface area contributed by atoms with Crippen molar-refractivity contribution in [3.63, 3.8) is 0 Å². The maximum Gasteiger partial charge on any atom is 0.182 e. The first-order valence-corrected chi connectivity index (χ1v) is 13.5. The summed E-state index contributed by atoms with van der Waals surface area (Å²) >= 11 is 0. The molecule has 2 saturated carbocycles. The maximum atomic E-state index is 12.5. The Morgan fingerprint density at radius 2 is 1.89 bits per heavy atom. The normalized spacial score (nSPS) is 34.9. The second-order valence-corrected chi connectivity index (χ2v) is 12.6. The number of allylic oxidation sites excluding steroid dienone is 1. The van der Waals surface area contributed by atoms with Crippen LogP contribution in [0.1, 0.15) is 86.5 Å². The molecule has 6 nitrogen and oxygen atoms in total. The SMILES string of the molecule is CCC(CCC(C)(O)C1CCCC2C1C2(C)C)C(CC(C)C)C1=C(O)C(=CO)C(=O)C(C=O)C1O. The number of Topliss-reactive ketones (excluding diaryl/α,β-unsaturated/α-hetero) is 1. The molecule has 8 atom stereocenters. The van der Waals surface area contributed by atoms with Crippen molar-refractivity contribution in [1.82, 2.24) is 0 Å². The highest BCUT2D eigenvalue weighted by molar-refractivity contribution is 6.09. The van der Waals surface area contributed by atoms with Gasteiger partial charge in [-0.15, -0.1) is 0 Å². The number of aldehydes is 1. The minimum Gasteiger partial charge on any atom is -0.515 e. The van der Waals surface area contributed by atoms with Gasteiger partial charge in [0.2, 0.25) is 0 Å². The average Bonchev–Trinajstić information content (AvgIpc) is 3.35. The molecule has 0 aromatic rings. The van der Waals surface area contributed by atoms with Crippen LogP contribution in [0.25, 0.3) is 0 Å². The van der Waals surface area contributed by atoms with E-state index in [0.29, 0.717) is 49.1 Å². The van der Waals surface area contributed by atoms with Gasteiger partial charge in [0.05, 0.1) is 23.5 Å². The van der Waals surface area contributed by atoms with Crippen LogP contribution in [0, 0.1) is 46.8 Å². The first kappa shape index (κ1) is 27.9. The van der Waals surface area contributed by atoms with E-state index in [2.05, 4.69) is 34.6 Å². The zero-order valence-electron chi connectivity index (χ0n) is 22.3. The van der Waals surface area contributed by atoms with E-state index in [-0.39, 0.29) is 34.8 Å². The summed E-state index contributed by atoms with van der Waals surface area (Å²) in [5, 5.41) is 43.2. The molecule has 4 N–H and O–H groups in total. The van der Waals surface area contributed by atoms with Crippen molar-refractivity contribution >= 4 is 12.1 Å². The third-order valence-corrected chi connectivity index (χ3v) is 9.67. The van der Waals surface area contributed by atoms with E-state index in [1.807, 2.05) is 6.92 Å². The van der Waals surface area contributed by atoms with Gasteiger partial charge < -0.3 is 25.2 Å². The molecule has 0 saturated heterocycles. The van der Waals surface area contributed by atoms with Gasteiger partial charge in [-0.25, -0.2) is 0 Å². The van der Waals surface area contributed by atoms with Gasteiger partial charge in [-0.3, -0.25) is 4.79 Å². The number of hydrogen-bond acceptors (Lipinski definition) is 6. The van der Waals surface area contributed by atoms with Crippen LogP contribution in [0.4, 0.5) is 0 Å². The molecule has 3 rings (SSSR count). The lowest BCUT2D eigenvalue weighted by Crippen LogP contribution is -2.42. The Bertz CT molecular complexity index is 866. The van der Waals surface area contributed by atoms with Crippen LogP contribution in [0.2, 0.25) is 0 Å². The Morgan fingerprint density at radius 3 is 2.43 bits per heavy atom. The van der Waals surface area contributed by atoms with E-state index >= 15 is 0 Å². The standard InChI is InChI=1S/C29H46O6/c1-7-17(11-12-29(6,35)22-10-8-9-21-24(22)28(21,4)5)18(13-16(2)3)23-26(33)19(14-30)25(32)20(15-31)27(23)34/h14-19,21-22,24,26,31,33-35H,7-13H2,1-6H3. The van der Waals surface area contributed by atoms with Crippen LogP contribution in [0.3, 0.4) is 0 Å². The van der Waals surface area contributed by atoms with E-state index < -0.39 is 29.2 Å². The van der Waals surface area contributed by atoms with Gasteiger partial charge >= 0.3 is 0 Å². The monoisotopic (exact) mass is 490 g/mol. The summed E-state index contributed by atoms with van der Waals surface area (Å²) in [6, 6.07) is 0. The number of hydrogen-bond donors (Lipinski definition) is 4. The molecule has 0 amide bonds. The number of carbonyl (C=O) groups is 2. The zero-order valence-corrected chi connectivity index (χ0v) is 22.3. The number of fused-ring (bicyclic) bond motifs is 1. The van der Waals surface area contributed by atoms with Crippen molar-refractivity contribution < 1.29 is 30.0 Å². The second kappa shape index (κ2) is 10.4. The molecule has 3 aliphatic carbocycles. The summed E-state index contributed by atoms with van der Waals surface area (Å²) in [6.45, 7) is 12.8. The van der Waals surface area contributed by atoms with Crippen LogP contribution in [0.15, 0.2) is 23.2 Å². The molecule has 35 heavy (non-hydrogen) atoms. The van der Waals surface area contributed by atoms with Crippen LogP contribution in [-0.2, 0) is 9.59 Å². The fourth-order valence-corrected chi connectivity index (χ4v) is 7.59. The average molecular weight is 491 g/mol. The highest BCUT2D eigenvalue weighted by atomic mass is 16.3. The highest BCUT2D eigenvalue weighted by Gasteiger charge is 2.64. The van der Waals surface area contributed by atoms with Gasteiger partial charge in [0.25, 0.3) is 0 Å². The minimum atomic E-state index is -1.42. The molecule has 0 heterocycles. The fraction of sp³-hybridized carbons (Fsp3) is 0.793. The smallest absolute Gasteiger partial charge is 0.182 e. The summed E-state index contributed by atoms with van der Waals surface area (Å²) in [5.74, 6) is -1.01. The third kappa shape index (κ3) is 5.11. The fourth-order valence-electron chi connectivity index (χ4n) is 7.59. The minimum absolute atomic E-state index is 0.0303. The molecule has 0 spiro atoms. The lowest BCUT2D eigenvalue weighted by Gasteiger charge is -2.40. The summed E-state index contributed by atoms with van der Waals surface area (Å²) < 4.78 is 0. The summed E-state index contributed by atoms with van der Waals surface area (Å²) in [4.78, 5) is 24.2. The number of aliphatic hydroxyl groups excluding tert-OH is 3. The van der Waals surface area contributed by atoms with Gasteiger partial charge in [0, 0.05) is 5.57 Å². The number of ketones is 1. The van der Waals surface area contributed by atoms with Gasteiger partial charge in [0.15, 0.2) is 5.78 Å². The Morgan fingerprint density at radius 1 is 1.23 bits per heavy atom. The van der Waals surface area contributed by atoms with E-state index in [0.717, 1.165) is 19.3 Å². The van der Waals surface area contributed by atoms with Crippen LogP contribution < -0.4 is 0 Å². The summed E-state index contributed by atoms with van der Waals surface area (Å²) in [5.41, 5.74) is -0.557. The second-order valence-electron chi connectivity index (χ2n) is 12.6. The van der Waals surface area contributed by atoms with Crippen LogP contribution in [0.5, 0.6) is 0 Å². The Labute approximate surface area is 210 Å². The first-order valence-electron chi connectivity index (χ1n) is 13.5. The zero-order chi connectivity index (χ0) is 26.3. The van der Waals surface area contributed by atoms with Crippen molar-refractivity contribution in [1.29, 1.82) is 0 Å². The van der Waals surface area contributed by atoms with E-state index in [4.69, 9.17) is 0 Å². The predicted molar refractivity (Wildman–Crippen MR) is 136 cm³/mol. The Balaban J connectivity index is 1.88. The molecule has 6 heteroatoms. The Hall–Kier alpha value is -1.66. The summed E-state index contributed by atoms with van der Waals surface area (Å²) in [7, 11) is 0. The largest absolute Gasteiger partial charge is 0.515 e. The van der Waals surface area contributed by atoms with E-state index in [9.17, 15) is 30.0 Å². The Kier molecular flexibility index (Phi) is 8.27. The lowest BCUT2D eigenvalue weighted by atomic mass is 9.67. The molecule has 2 fully saturated rings. The number of carbonyl (C=O) groups excluding carboxylic acids is 2. The quantitative estimate of drug-likeness (QED) is 0.143. The van der Waals surface area contributed by atoms with Crippen LogP contribution in [-0.4, -0.2) is 44.2 Å². The molecule has 3 aliphatic rings. The van der Waals surface area contributed by atoms with Gasteiger partial charge in [-0.2, -0.15) is 0 Å². The third-order valence-electron chi connectivity index (χ3n) is 9.67. The molecular formula is C29H46O6. The molecule has 0 radical (unpaired) electrons. The molecule has 0 aromatic heterocycles. The predicted octanol–water partition coefficient (Wildman–Crippen LogP) is 5.29. The van der Waals surface area contributed by atoms with Crippen LogP contribution >= 0.6 is 0 Å². The van der Waals surface area contributed by atoms with Crippen molar-refractivity contribution in [3.8, 4) is 0 Å². The first-order chi connectivity index (χ1) is 16.3. The molecular weight excluding hydrogens is 444 g/mol. The topological polar surface area (TPSA) is 115 Å². The van der Waals surface area contributed by atoms with Gasteiger partial charge in [-0.1, -0.05) is 47.5 Å². The maximum absolute atomic E-state index is 12.5. The van der Waals surface area contributed by atoms with Crippen molar-refractivity contribution in [3.05, 3.63) is 23.2 Å². The van der Waals surface area contributed by atoms with Gasteiger partial charge in [0.1, 0.15) is 18.0 Å². The summed E-state index contributed by atoms with van der Waals surface area (Å²) in [6.07, 6.45) is 5.70. The molecule has 0 aromatic carbocycles. The van der Waals surface area contributed by atoms with Crippen molar-refractivity contribution in [2.75, 3.05) is 0 Å². The number of rotatable bonds is 10. The molecule has 8 unspecified atom stereocenters.